The maximum atomic E-state index is 6.44. The van der Waals surface area contributed by atoms with Crippen molar-refractivity contribution in [3.8, 4) is 22.5 Å². The molecule has 0 N–H and O–H groups in total. The van der Waals surface area contributed by atoms with Gasteiger partial charge in [0.25, 0.3) is 0 Å². The van der Waals surface area contributed by atoms with E-state index < -0.39 is 0 Å². The molecule has 0 aliphatic heterocycles. The van der Waals surface area contributed by atoms with Gasteiger partial charge in [-0.25, -0.2) is 0 Å². The van der Waals surface area contributed by atoms with E-state index in [4.69, 9.17) is 4.42 Å². The van der Waals surface area contributed by atoms with Gasteiger partial charge in [-0.15, -0.1) is 0 Å². The Hall–Kier alpha value is -6.06. The van der Waals surface area contributed by atoms with Crippen LogP contribution in [0.25, 0.3) is 88.1 Å². The molecule has 0 aliphatic carbocycles. The number of para-hydroxylation sites is 3. The zero-order valence-electron chi connectivity index (χ0n) is 24.3. The number of hydrogen-bond acceptors (Lipinski definition) is 1. The first-order chi connectivity index (χ1) is 22.3. The number of aromatic nitrogens is 2. The van der Waals surface area contributed by atoms with Gasteiger partial charge in [-0.2, -0.15) is 0 Å². The second-order valence-corrected chi connectivity index (χ2v) is 11.8. The minimum absolute atomic E-state index is 0.892. The number of benzene rings is 7. The fourth-order valence-electron chi connectivity index (χ4n) is 7.33. The SMILES string of the molecule is c1ccc(-c2ccc3c(c2)oc2ccc(-n4c5ccccc5c5ccc6c7ccccc7n(-c7ccccc7)c6c54)cc23)cc1. The Bertz CT molecular complexity index is 2740. The predicted octanol–water partition coefficient (Wildman–Crippen LogP) is 11.4. The van der Waals surface area contributed by atoms with E-state index >= 15 is 0 Å². The summed E-state index contributed by atoms with van der Waals surface area (Å²) in [7, 11) is 0. The smallest absolute Gasteiger partial charge is 0.136 e. The number of fused-ring (bicyclic) bond motifs is 10. The highest BCUT2D eigenvalue weighted by molar-refractivity contribution is 6.24. The standard InChI is InChI=1S/C42H26N2O/c1-3-11-27(12-4-1)28-19-21-33-36-26-30(20-24-39(36)45-40(33)25-28)44-38-18-10-8-16-32(38)35-23-22-34-31-15-7-9-17-37(31)43(41(34)42(35)44)29-13-5-2-6-14-29/h1-26H. The quantitative estimate of drug-likeness (QED) is 0.206. The zero-order chi connectivity index (χ0) is 29.5. The molecule has 0 aliphatic rings. The highest BCUT2D eigenvalue weighted by Gasteiger charge is 2.21. The van der Waals surface area contributed by atoms with Crippen molar-refractivity contribution in [2.75, 3.05) is 0 Å². The predicted molar refractivity (Wildman–Crippen MR) is 188 cm³/mol. The highest BCUT2D eigenvalue weighted by Crippen LogP contribution is 2.42. The van der Waals surface area contributed by atoms with E-state index in [1.165, 1.54) is 49.2 Å². The van der Waals surface area contributed by atoms with Crippen molar-refractivity contribution in [1.29, 1.82) is 0 Å². The Balaban J connectivity index is 1.31. The third-order valence-corrected chi connectivity index (χ3v) is 9.30. The van der Waals surface area contributed by atoms with Crippen LogP contribution in [0.15, 0.2) is 162 Å². The molecule has 0 atom stereocenters. The molecular formula is C42H26N2O. The molecule has 0 spiro atoms. The molecule has 10 rings (SSSR count). The lowest BCUT2D eigenvalue weighted by Gasteiger charge is -2.12. The molecule has 3 heteroatoms. The third kappa shape index (κ3) is 3.46. The fraction of sp³-hybridized carbons (Fsp3) is 0. The van der Waals surface area contributed by atoms with Gasteiger partial charge in [-0.3, -0.25) is 0 Å². The van der Waals surface area contributed by atoms with Gasteiger partial charge in [-0.05, 0) is 65.7 Å². The summed E-state index contributed by atoms with van der Waals surface area (Å²) in [5.41, 5.74) is 11.2. The van der Waals surface area contributed by atoms with Gasteiger partial charge in [0.1, 0.15) is 11.2 Å². The Labute approximate surface area is 258 Å². The summed E-state index contributed by atoms with van der Waals surface area (Å²) < 4.78 is 11.3. The molecule has 0 unspecified atom stereocenters. The molecule has 210 valence electrons. The van der Waals surface area contributed by atoms with Crippen molar-refractivity contribution >= 4 is 65.6 Å². The van der Waals surface area contributed by atoms with Crippen LogP contribution in [0.3, 0.4) is 0 Å². The molecule has 0 bridgehead atoms. The van der Waals surface area contributed by atoms with Gasteiger partial charge in [0.05, 0.1) is 22.1 Å². The summed E-state index contributed by atoms with van der Waals surface area (Å²) in [5.74, 6) is 0. The molecule has 3 aromatic heterocycles. The molecule has 0 saturated heterocycles. The molecule has 45 heavy (non-hydrogen) atoms. The normalized spacial score (nSPS) is 12.0. The molecule has 10 aromatic rings. The minimum Gasteiger partial charge on any atom is -0.456 e. The first-order valence-corrected chi connectivity index (χ1v) is 15.4. The van der Waals surface area contributed by atoms with Crippen molar-refractivity contribution in [2.45, 2.75) is 0 Å². The number of rotatable bonds is 3. The molecule has 3 heterocycles. The van der Waals surface area contributed by atoms with E-state index in [9.17, 15) is 0 Å². The van der Waals surface area contributed by atoms with Crippen molar-refractivity contribution in [2.24, 2.45) is 0 Å². The van der Waals surface area contributed by atoms with Crippen LogP contribution in [0.2, 0.25) is 0 Å². The topological polar surface area (TPSA) is 23.0 Å². The second kappa shape index (κ2) is 9.22. The van der Waals surface area contributed by atoms with Crippen LogP contribution in [0.4, 0.5) is 0 Å². The van der Waals surface area contributed by atoms with Gasteiger partial charge in [0, 0.05) is 43.7 Å². The number of hydrogen-bond donors (Lipinski definition) is 0. The van der Waals surface area contributed by atoms with Crippen molar-refractivity contribution < 1.29 is 4.42 Å². The molecule has 0 saturated carbocycles. The first kappa shape index (κ1) is 24.4. The lowest BCUT2D eigenvalue weighted by Crippen LogP contribution is -1.98. The molecule has 0 radical (unpaired) electrons. The van der Waals surface area contributed by atoms with E-state index in [2.05, 4.69) is 161 Å². The van der Waals surface area contributed by atoms with Crippen LogP contribution in [0, 0.1) is 0 Å². The summed E-state index contributed by atoms with van der Waals surface area (Å²) in [5, 5.41) is 7.21. The van der Waals surface area contributed by atoms with Gasteiger partial charge in [0.2, 0.25) is 0 Å². The highest BCUT2D eigenvalue weighted by atomic mass is 16.3. The Morgan fingerprint density at radius 3 is 1.60 bits per heavy atom. The van der Waals surface area contributed by atoms with Crippen LogP contribution in [0.1, 0.15) is 0 Å². The monoisotopic (exact) mass is 574 g/mol. The van der Waals surface area contributed by atoms with Crippen LogP contribution >= 0.6 is 0 Å². The van der Waals surface area contributed by atoms with E-state index in [1.807, 2.05) is 6.07 Å². The maximum Gasteiger partial charge on any atom is 0.136 e. The first-order valence-electron chi connectivity index (χ1n) is 15.4. The lowest BCUT2D eigenvalue weighted by atomic mass is 10.0. The van der Waals surface area contributed by atoms with Gasteiger partial charge in [0.15, 0.2) is 0 Å². The van der Waals surface area contributed by atoms with E-state index in [-0.39, 0.29) is 0 Å². The van der Waals surface area contributed by atoms with Crippen molar-refractivity contribution in [1.82, 2.24) is 9.13 Å². The Morgan fingerprint density at radius 1 is 0.333 bits per heavy atom. The number of nitrogens with zero attached hydrogens (tertiary/aromatic N) is 2. The molecule has 0 amide bonds. The summed E-state index contributed by atoms with van der Waals surface area (Å²) in [4.78, 5) is 0. The molecule has 7 aromatic carbocycles. The maximum absolute atomic E-state index is 6.44. The van der Waals surface area contributed by atoms with Crippen LogP contribution in [-0.4, -0.2) is 9.13 Å². The average molecular weight is 575 g/mol. The summed E-state index contributed by atoms with van der Waals surface area (Å²) in [6.45, 7) is 0. The van der Waals surface area contributed by atoms with Crippen LogP contribution < -0.4 is 0 Å². The Morgan fingerprint density at radius 2 is 0.911 bits per heavy atom. The van der Waals surface area contributed by atoms with Crippen LogP contribution in [0.5, 0.6) is 0 Å². The van der Waals surface area contributed by atoms with Crippen molar-refractivity contribution in [3.63, 3.8) is 0 Å². The third-order valence-electron chi connectivity index (χ3n) is 9.30. The average Bonchev–Trinajstić information content (AvgIpc) is 3.76. The zero-order valence-corrected chi connectivity index (χ0v) is 24.3. The largest absolute Gasteiger partial charge is 0.456 e. The van der Waals surface area contributed by atoms with Gasteiger partial charge < -0.3 is 13.6 Å². The van der Waals surface area contributed by atoms with Crippen molar-refractivity contribution in [3.05, 3.63) is 158 Å². The van der Waals surface area contributed by atoms with E-state index in [1.54, 1.807) is 0 Å². The molecular weight excluding hydrogens is 548 g/mol. The van der Waals surface area contributed by atoms with Crippen LogP contribution in [-0.2, 0) is 0 Å². The van der Waals surface area contributed by atoms with Gasteiger partial charge in [-0.1, -0.05) is 103 Å². The summed E-state index contributed by atoms with van der Waals surface area (Å²) in [6.07, 6.45) is 0. The minimum atomic E-state index is 0.892. The molecule has 0 fully saturated rings. The second-order valence-electron chi connectivity index (χ2n) is 11.8. The molecule has 3 nitrogen and oxygen atoms in total. The summed E-state index contributed by atoms with van der Waals surface area (Å²) >= 11 is 0. The van der Waals surface area contributed by atoms with E-state index in [0.29, 0.717) is 0 Å². The lowest BCUT2D eigenvalue weighted by molar-refractivity contribution is 0.669. The van der Waals surface area contributed by atoms with E-state index in [0.717, 1.165) is 38.9 Å². The van der Waals surface area contributed by atoms with Gasteiger partial charge >= 0.3 is 0 Å². The Kier molecular flexibility index (Phi) is 5.00. The summed E-state index contributed by atoms with van der Waals surface area (Å²) in [6, 6.07) is 56.5. The number of furan rings is 1. The fourth-order valence-corrected chi connectivity index (χ4v) is 7.33.